The summed E-state index contributed by atoms with van der Waals surface area (Å²) in [5, 5.41) is 5.36. The molecule has 0 fully saturated rings. The first-order valence-corrected chi connectivity index (χ1v) is 6.06. The maximum Gasteiger partial charge on any atom is 0.189 e. The maximum absolute atomic E-state index is 5.78. The molecule has 0 aliphatic heterocycles. The molecule has 0 atom stereocenters. The third-order valence-electron chi connectivity index (χ3n) is 2.59. The molecule has 0 spiro atoms. The van der Waals surface area contributed by atoms with Crippen molar-refractivity contribution in [1.82, 2.24) is 10.3 Å². The SMILES string of the molecule is CC(C)NC(N)=NCc1nccc2ccccc12. The van der Waals surface area contributed by atoms with Gasteiger partial charge < -0.3 is 11.1 Å². The molecular weight excluding hydrogens is 224 g/mol. The molecule has 1 aromatic carbocycles. The molecule has 0 radical (unpaired) electrons. The van der Waals surface area contributed by atoms with Crippen LogP contribution in [0.25, 0.3) is 10.8 Å². The molecule has 3 N–H and O–H groups in total. The normalized spacial score (nSPS) is 12.1. The van der Waals surface area contributed by atoms with Crippen molar-refractivity contribution in [3.05, 3.63) is 42.2 Å². The molecule has 0 aliphatic carbocycles. The summed E-state index contributed by atoms with van der Waals surface area (Å²) in [4.78, 5) is 8.67. The van der Waals surface area contributed by atoms with Crippen molar-refractivity contribution in [2.75, 3.05) is 0 Å². The highest BCUT2D eigenvalue weighted by molar-refractivity contribution is 5.84. The molecule has 0 saturated carbocycles. The molecule has 0 saturated heterocycles. The van der Waals surface area contributed by atoms with E-state index < -0.39 is 0 Å². The van der Waals surface area contributed by atoms with Crippen molar-refractivity contribution in [2.45, 2.75) is 26.4 Å². The lowest BCUT2D eigenvalue weighted by Gasteiger charge is -2.08. The van der Waals surface area contributed by atoms with Crippen molar-refractivity contribution in [2.24, 2.45) is 10.7 Å². The highest BCUT2D eigenvalue weighted by atomic mass is 15.1. The Hall–Kier alpha value is -2.10. The largest absolute Gasteiger partial charge is 0.370 e. The number of aromatic nitrogens is 1. The molecule has 0 aliphatic rings. The second-order valence-corrected chi connectivity index (χ2v) is 4.48. The molecule has 0 unspecified atom stereocenters. The lowest BCUT2D eigenvalue weighted by Crippen LogP contribution is -2.36. The summed E-state index contributed by atoms with van der Waals surface area (Å²) >= 11 is 0. The zero-order valence-corrected chi connectivity index (χ0v) is 10.7. The number of pyridine rings is 1. The van der Waals surface area contributed by atoms with Gasteiger partial charge in [0.2, 0.25) is 0 Å². The smallest absolute Gasteiger partial charge is 0.189 e. The number of nitrogens with two attached hydrogens (primary N) is 1. The van der Waals surface area contributed by atoms with E-state index in [4.69, 9.17) is 5.73 Å². The van der Waals surface area contributed by atoms with E-state index in [1.807, 2.05) is 32.0 Å². The van der Waals surface area contributed by atoms with Crippen LogP contribution >= 0.6 is 0 Å². The van der Waals surface area contributed by atoms with Crippen LogP contribution < -0.4 is 11.1 Å². The number of rotatable bonds is 3. The Morgan fingerprint density at radius 1 is 1.33 bits per heavy atom. The van der Waals surface area contributed by atoms with Crippen LogP contribution in [0, 0.1) is 0 Å². The first-order valence-electron chi connectivity index (χ1n) is 6.06. The molecular formula is C14H18N4. The fourth-order valence-electron chi connectivity index (χ4n) is 1.81. The lowest BCUT2D eigenvalue weighted by molar-refractivity contribution is 0.723. The Kier molecular flexibility index (Phi) is 3.77. The third-order valence-corrected chi connectivity index (χ3v) is 2.59. The maximum atomic E-state index is 5.78. The number of benzene rings is 1. The molecule has 4 nitrogen and oxygen atoms in total. The minimum atomic E-state index is 0.286. The molecule has 4 heteroatoms. The second kappa shape index (κ2) is 5.49. The minimum absolute atomic E-state index is 0.286. The zero-order chi connectivity index (χ0) is 13.0. The summed E-state index contributed by atoms with van der Waals surface area (Å²) in [6.07, 6.45) is 1.80. The van der Waals surface area contributed by atoms with Gasteiger partial charge >= 0.3 is 0 Å². The third kappa shape index (κ3) is 2.97. The molecule has 0 amide bonds. The van der Waals surface area contributed by atoms with Crippen molar-refractivity contribution < 1.29 is 0 Å². The summed E-state index contributed by atoms with van der Waals surface area (Å²) in [6.45, 7) is 4.55. The van der Waals surface area contributed by atoms with Crippen LogP contribution in [0.5, 0.6) is 0 Å². The number of nitrogens with one attached hydrogen (secondary N) is 1. The number of guanidine groups is 1. The molecule has 0 bridgehead atoms. The van der Waals surface area contributed by atoms with Crippen LogP contribution in [0.4, 0.5) is 0 Å². The number of fused-ring (bicyclic) bond motifs is 1. The Morgan fingerprint density at radius 2 is 2.11 bits per heavy atom. The summed E-state index contributed by atoms with van der Waals surface area (Å²) < 4.78 is 0. The van der Waals surface area contributed by atoms with Gasteiger partial charge in [-0.15, -0.1) is 0 Å². The van der Waals surface area contributed by atoms with Crippen molar-refractivity contribution >= 4 is 16.7 Å². The topological polar surface area (TPSA) is 63.3 Å². The fraction of sp³-hybridized carbons (Fsp3) is 0.286. The van der Waals surface area contributed by atoms with Gasteiger partial charge in [-0.2, -0.15) is 0 Å². The highest BCUT2D eigenvalue weighted by Crippen LogP contribution is 2.16. The average Bonchev–Trinajstić information content (AvgIpc) is 2.35. The predicted molar refractivity (Wildman–Crippen MR) is 75.3 cm³/mol. The molecule has 1 aromatic heterocycles. The monoisotopic (exact) mass is 242 g/mol. The Balaban J connectivity index is 2.22. The quantitative estimate of drug-likeness (QED) is 0.639. The van der Waals surface area contributed by atoms with E-state index in [1.165, 1.54) is 5.39 Å². The number of hydrogen-bond acceptors (Lipinski definition) is 2. The summed E-state index contributed by atoms with van der Waals surface area (Å²) in [5.41, 5.74) is 6.72. The van der Waals surface area contributed by atoms with E-state index in [0.717, 1.165) is 11.1 Å². The van der Waals surface area contributed by atoms with Gasteiger partial charge in [0, 0.05) is 17.6 Å². The molecule has 2 rings (SSSR count). The van der Waals surface area contributed by atoms with Gasteiger partial charge in [-0.05, 0) is 25.3 Å². The van der Waals surface area contributed by atoms with Crippen molar-refractivity contribution in [1.29, 1.82) is 0 Å². The first-order chi connectivity index (χ1) is 8.66. The number of aliphatic imine (C=N–C) groups is 1. The molecule has 2 aromatic rings. The van der Waals surface area contributed by atoms with E-state index >= 15 is 0 Å². The summed E-state index contributed by atoms with van der Waals surface area (Å²) in [7, 11) is 0. The van der Waals surface area contributed by atoms with Crippen LogP contribution in [0.2, 0.25) is 0 Å². The van der Waals surface area contributed by atoms with Crippen LogP contribution in [0.15, 0.2) is 41.5 Å². The van der Waals surface area contributed by atoms with Gasteiger partial charge in [0.05, 0.1) is 12.2 Å². The Bertz CT molecular complexity index is 555. The van der Waals surface area contributed by atoms with Crippen LogP contribution in [-0.2, 0) is 6.54 Å². The Morgan fingerprint density at radius 3 is 2.89 bits per heavy atom. The second-order valence-electron chi connectivity index (χ2n) is 4.48. The van der Waals surface area contributed by atoms with E-state index in [0.29, 0.717) is 12.5 Å². The van der Waals surface area contributed by atoms with Crippen LogP contribution in [0.1, 0.15) is 19.5 Å². The highest BCUT2D eigenvalue weighted by Gasteiger charge is 2.01. The molecule has 18 heavy (non-hydrogen) atoms. The van der Waals surface area contributed by atoms with E-state index in [2.05, 4.69) is 27.4 Å². The van der Waals surface area contributed by atoms with Gasteiger partial charge in [-0.1, -0.05) is 24.3 Å². The predicted octanol–water partition coefficient (Wildman–Crippen LogP) is 2.05. The van der Waals surface area contributed by atoms with Crippen LogP contribution in [0.3, 0.4) is 0 Å². The average molecular weight is 242 g/mol. The summed E-state index contributed by atoms with van der Waals surface area (Å²) in [6, 6.07) is 10.4. The first kappa shape index (κ1) is 12.4. The molecule has 1 heterocycles. The van der Waals surface area contributed by atoms with Gasteiger partial charge in [-0.3, -0.25) is 4.98 Å². The fourth-order valence-corrected chi connectivity index (χ4v) is 1.81. The molecule has 94 valence electrons. The minimum Gasteiger partial charge on any atom is -0.370 e. The van der Waals surface area contributed by atoms with E-state index in [9.17, 15) is 0 Å². The van der Waals surface area contributed by atoms with E-state index in [-0.39, 0.29) is 6.04 Å². The summed E-state index contributed by atoms with van der Waals surface area (Å²) in [5.74, 6) is 0.458. The van der Waals surface area contributed by atoms with Crippen molar-refractivity contribution in [3.63, 3.8) is 0 Å². The van der Waals surface area contributed by atoms with Crippen LogP contribution in [-0.4, -0.2) is 17.0 Å². The zero-order valence-electron chi connectivity index (χ0n) is 10.7. The Labute approximate surface area is 107 Å². The lowest BCUT2D eigenvalue weighted by atomic mass is 10.1. The standard InChI is InChI=1S/C14H18N4/c1-10(2)18-14(15)17-9-13-12-6-4-3-5-11(12)7-8-16-13/h3-8,10H,9H2,1-2H3,(H3,15,17,18). The van der Waals surface area contributed by atoms with Gasteiger partial charge in [0.1, 0.15) is 0 Å². The van der Waals surface area contributed by atoms with E-state index in [1.54, 1.807) is 6.20 Å². The number of nitrogens with zero attached hydrogens (tertiary/aromatic N) is 2. The van der Waals surface area contributed by atoms with Gasteiger partial charge in [0.25, 0.3) is 0 Å². The van der Waals surface area contributed by atoms with Crippen molar-refractivity contribution in [3.8, 4) is 0 Å². The number of hydrogen-bond donors (Lipinski definition) is 2. The van der Waals surface area contributed by atoms with Gasteiger partial charge in [-0.25, -0.2) is 4.99 Å². The van der Waals surface area contributed by atoms with Gasteiger partial charge in [0.15, 0.2) is 5.96 Å².